The van der Waals surface area contributed by atoms with Crippen molar-refractivity contribution in [1.29, 1.82) is 0 Å². The summed E-state index contributed by atoms with van der Waals surface area (Å²) >= 11 is 5.99. The van der Waals surface area contributed by atoms with E-state index in [1.165, 1.54) is 6.20 Å². The van der Waals surface area contributed by atoms with E-state index in [0.717, 1.165) is 22.1 Å². The normalized spacial score (nSPS) is 10.5. The fourth-order valence-electron chi connectivity index (χ4n) is 1.66. The number of allylic oxidation sites excluding steroid dienone is 1. The van der Waals surface area contributed by atoms with Crippen LogP contribution in [0.25, 0.3) is 10.9 Å². The average Bonchev–Trinajstić information content (AvgIpc) is 2.22. The summed E-state index contributed by atoms with van der Waals surface area (Å²) in [7, 11) is 0. The van der Waals surface area contributed by atoms with Crippen LogP contribution in [0.3, 0.4) is 0 Å². The second-order valence-corrected chi connectivity index (χ2v) is 3.70. The summed E-state index contributed by atoms with van der Waals surface area (Å²) in [4.78, 5) is 0. The number of benzene rings is 1. The molecule has 0 N–H and O–H groups in total. The summed E-state index contributed by atoms with van der Waals surface area (Å²) in [5.41, 5.74) is 1.59. The van der Waals surface area contributed by atoms with Gasteiger partial charge in [0.15, 0.2) is 6.20 Å². The molecule has 0 aliphatic rings. The van der Waals surface area contributed by atoms with Crippen molar-refractivity contribution < 1.29 is 4.73 Å². The molecule has 15 heavy (non-hydrogen) atoms. The molecule has 0 fully saturated rings. The third-order valence-corrected chi connectivity index (χ3v) is 2.63. The summed E-state index contributed by atoms with van der Waals surface area (Å²) in [6, 6.07) is 7.29. The largest absolute Gasteiger partial charge is 0.618 e. The third-order valence-electron chi connectivity index (χ3n) is 2.33. The highest BCUT2D eigenvalue weighted by atomic mass is 35.5. The summed E-state index contributed by atoms with van der Waals surface area (Å²) in [6.07, 6.45) is 3.99. The van der Waals surface area contributed by atoms with Crippen LogP contribution in [0, 0.1) is 5.21 Å². The molecule has 1 aromatic carbocycles. The lowest BCUT2D eigenvalue weighted by Gasteiger charge is -2.06. The van der Waals surface area contributed by atoms with Crippen LogP contribution in [0.15, 0.2) is 43.1 Å². The molecule has 0 saturated carbocycles. The third kappa shape index (κ3) is 1.68. The topological polar surface area (TPSA) is 26.9 Å². The Balaban J connectivity index is 2.82. The maximum atomic E-state index is 11.6. The van der Waals surface area contributed by atoms with Gasteiger partial charge in [-0.25, -0.2) is 0 Å². The first-order valence-electron chi connectivity index (χ1n) is 4.64. The van der Waals surface area contributed by atoms with E-state index in [9.17, 15) is 5.21 Å². The number of pyridine rings is 1. The van der Waals surface area contributed by atoms with Crippen LogP contribution in [0.4, 0.5) is 0 Å². The number of halogens is 1. The summed E-state index contributed by atoms with van der Waals surface area (Å²) in [5.74, 6) is 0. The van der Waals surface area contributed by atoms with Gasteiger partial charge in [0, 0.05) is 6.07 Å². The molecule has 3 heteroatoms. The van der Waals surface area contributed by atoms with E-state index in [-0.39, 0.29) is 0 Å². The minimum absolute atomic E-state index is 0.480. The first-order chi connectivity index (χ1) is 7.24. The zero-order valence-electron chi connectivity index (χ0n) is 8.11. The van der Waals surface area contributed by atoms with E-state index in [2.05, 4.69) is 6.58 Å². The van der Waals surface area contributed by atoms with Gasteiger partial charge in [-0.3, -0.25) is 0 Å². The van der Waals surface area contributed by atoms with Gasteiger partial charge in [-0.05, 0) is 24.1 Å². The van der Waals surface area contributed by atoms with Gasteiger partial charge in [0.2, 0.25) is 5.52 Å². The molecule has 0 radical (unpaired) electrons. The van der Waals surface area contributed by atoms with Crippen LogP contribution in [-0.4, -0.2) is 0 Å². The Kier molecular flexibility index (Phi) is 2.60. The molecule has 2 nitrogen and oxygen atoms in total. The number of aromatic nitrogens is 1. The lowest BCUT2D eigenvalue weighted by atomic mass is 10.1. The molecule has 0 amide bonds. The molecular weight excluding hydrogens is 210 g/mol. The highest BCUT2D eigenvalue weighted by molar-refractivity contribution is 6.34. The Morgan fingerprint density at radius 3 is 2.93 bits per heavy atom. The van der Waals surface area contributed by atoms with Crippen LogP contribution in [-0.2, 0) is 6.42 Å². The molecule has 2 aromatic rings. The minimum Gasteiger partial charge on any atom is -0.618 e. The highest BCUT2D eigenvalue weighted by Gasteiger charge is 2.10. The van der Waals surface area contributed by atoms with Crippen LogP contribution < -0.4 is 4.73 Å². The predicted molar refractivity (Wildman–Crippen MR) is 61.8 cm³/mol. The molecule has 2 rings (SSSR count). The second-order valence-electron chi connectivity index (χ2n) is 3.30. The van der Waals surface area contributed by atoms with Crippen LogP contribution in [0.5, 0.6) is 0 Å². The molecule has 0 bridgehead atoms. The fourth-order valence-corrected chi connectivity index (χ4v) is 1.91. The predicted octanol–water partition coefficient (Wildman–Crippen LogP) is 2.86. The van der Waals surface area contributed by atoms with Gasteiger partial charge in [0.1, 0.15) is 5.02 Å². The zero-order chi connectivity index (χ0) is 10.8. The van der Waals surface area contributed by atoms with Gasteiger partial charge in [-0.15, -0.1) is 6.58 Å². The molecule has 0 atom stereocenters. The van der Waals surface area contributed by atoms with Gasteiger partial charge in [0.05, 0.1) is 5.39 Å². The lowest BCUT2D eigenvalue weighted by Crippen LogP contribution is -2.26. The quantitative estimate of drug-likeness (QED) is 0.434. The summed E-state index contributed by atoms with van der Waals surface area (Å²) in [5, 5.41) is 12.9. The Labute approximate surface area is 93.0 Å². The second kappa shape index (κ2) is 3.91. The van der Waals surface area contributed by atoms with E-state index in [1.807, 2.05) is 18.2 Å². The van der Waals surface area contributed by atoms with Crippen molar-refractivity contribution in [2.24, 2.45) is 0 Å². The van der Waals surface area contributed by atoms with Crippen molar-refractivity contribution in [3.8, 4) is 0 Å². The van der Waals surface area contributed by atoms with Gasteiger partial charge in [-0.2, -0.15) is 4.73 Å². The molecule has 0 aliphatic heterocycles. The Hall–Kier alpha value is -1.54. The minimum atomic E-state index is 0.480. The van der Waals surface area contributed by atoms with Gasteiger partial charge in [-0.1, -0.05) is 23.7 Å². The van der Waals surface area contributed by atoms with Crippen LogP contribution in [0.2, 0.25) is 5.02 Å². The summed E-state index contributed by atoms with van der Waals surface area (Å²) < 4.78 is 0.796. The van der Waals surface area contributed by atoms with E-state index < -0.39 is 0 Å². The molecule has 76 valence electrons. The molecule has 1 aromatic heterocycles. The molecule has 0 saturated heterocycles. The highest BCUT2D eigenvalue weighted by Crippen LogP contribution is 2.23. The molecule has 1 heterocycles. The maximum Gasteiger partial charge on any atom is 0.242 e. The molecular formula is C12H10ClNO. The van der Waals surface area contributed by atoms with Crippen molar-refractivity contribution in [2.45, 2.75) is 6.42 Å². The molecule has 0 aliphatic carbocycles. The number of nitrogens with zero attached hydrogens (tertiary/aromatic N) is 1. The number of hydrogen-bond acceptors (Lipinski definition) is 1. The Morgan fingerprint density at radius 2 is 2.20 bits per heavy atom. The SMILES string of the molecule is C=CCc1ccc(Cl)c2c1ccc[n+]2[O-]. The lowest BCUT2D eigenvalue weighted by molar-refractivity contribution is -0.576. The summed E-state index contributed by atoms with van der Waals surface area (Å²) in [6.45, 7) is 3.69. The monoisotopic (exact) mass is 219 g/mol. The van der Waals surface area contributed by atoms with E-state index in [0.29, 0.717) is 10.5 Å². The molecule has 0 unspecified atom stereocenters. The van der Waals surface area contributed by atoms with Crippen molar-refractivity contribution in [1.82, 2.24) is 0 Å². The van der Waals surface area contributed by atoms with Crippen LogP contribution in [0.1, 0.15) is 5.56 Å². The number of hydrogen-bond donors (Lipinski definition) is 0. The van der Waals surface area contributed by atoms with Gasteiger partial charge >= 0.3 is 0 Å². The molecule has 0 spiro atoms. The number of rotatable bonds is 2. The number of fused-ring (bicyclic) bond motifs is 1. The van der Waals surface area contributed by atoms with Crippen molar-refractivity contribution in [2.75, 3.05) is 0 Å². The van der Waals surface area contributed by atoms with Crippen LogP contribution >= 0.6 is 11.6 Å². The van der Waals surface area contributed by atoms with E-state index in [1.54, 1.807) is 12.1 Å². The smallest absolute Gasteiger partial charge is 0.242 e. The van der Waals surface area contributed by atoms with E-state index >= 15 is 0 Å². The van der Waals surface area contributed by atoms with Crippen molar-refractivity contribution in [3.63, 3.8) is 0 Å². The Bertz CT molecular complexity index is 514. The fraction of sp³-hybridized carbons (Fsp3) is 0.0833. The first kappa shape index (κ1) is 9.99. The Morgan fingerprint density at radius 1 is 1.40 bits per heavy atom. The average molecular weight is 220 g/mol. The van der Waals surface area contributed by atoms with Crippen molar-refractivity contribution in [3.05, 3.63) is 58.9 Å². The standard InChI is InChI=1S/C12H10ClNO/c1-2-4-9-6-7-11(13)12-10(9)5-3-8-14(12)15/h2-3,5-8H,1,4H2. The van der Waals surface area contributed by atoms with Crippen molar-refractivity contribution >= 4 is 22.5 Å². The zero-order valence-corrected chi connectivity index (χ0v) is 8.87. The maximum absolute atomic E-state index is 11.6. The van der Waals surface area contributed by atoms with E-state index in [4.69, 9.17) is 11.6 Å². The van der Waals surface area contributed by atoms with Gasteiger partial charge in [0.25, 0.3) is 0 Å². The van der Waals surface area contributed by atoms with Gasteiger partial charge < -0.3 is 5.21 Å². The first-order valence-corrected chi connectivity index (χ1v) is 5.02.